The van der Waals surface area contributed by atoms with Crippen molar-refractivity contribution < 1.29 is 19.2 Å². The van der Waals surface area contributed by atoms with Gasteiger partial charge in [0.15, 0.2) is 11.6 Å². The molecule has 4 heterocycles. The van der Waals surface area contributed by atoms with Gasteiger partial charge >= 0.3 is 5.97 Å². The fraction of sp³-hybridized carbons (Fsp3) is 0.360. The van der Waals surface area contributed by atoms with E-state index in [1.807, 2.05) is 6.07 Å². The fourth-order valence-electron chi connectivity index (χ4n) is 4.80. The number of hydrogen-bond acceptors (Lipinski definition) is 7. The number of likely N-dealkylation sites (tertiary alicyclic amines) is 1. The molecule has 9 nitrogen and oxygen atoms in total. The number of aromatic nitrogens is 3. The molecule has 36 heavy (non-hydrogen) atoms. The number of carboxylic acid groups (broad SMARTS) is 1. The number of imidazole rings is 1. The van der Waals surface area contributed by atoms with Gasteiger partial charge in [-0.1, -0.05) is 16.8 Å². The molecule has 1 aliphatic carbocycles. The maximum Gasteiger partial charge on any atom is 0.335 e. The zero-order valence-electron chi connectivity index (χ0n) is 19.3. The van der Waals surface area contributed by atoms with E-state index in [0.29, 0.717) is 26.8 Å². The summed E-state index contributed by atoms with van der Waals surface area (Å²) in [5.74, 6) is -0.594. The summed E-state index contributed by atoms with van der Waals surface area (Å²) in [5.41, 5.74) is 1.85. The van der Waals surface area contributed by atoms with Gasteiger partial charge in [-0.25, -0.2) is 9.78 Å². The van der Waals surface area contributed by atoms with E-state index in [1.165, 1.54) is 36.3 Å². The van der Waals surface area contributed by atoms with E-state index in [-0.39, 0.29) is 29.9 Å². The predicted molar refractivity (Wildman–Crippen MR) is 136 cm³/mol. The summed E-state index contributed by atoms with van der Waals surface area (Å²) in [6, 6.07) is 10.9. The molecule has 0 radical (unpaired) electrons. The number of nitrogens with zero attached hydrogens (tertiary/aromatic N) is 4. The Hall–Kier alpha value is -3.21. The van der Waals surface area contributed by atoms with Crippen molar-refractivity contribution in [1.29, 1.82) is 0 Å². The second-order valence-corrected chi connectivity index (χ2v) is 11.0. The molecule has 1 aliphatic heterocycles. The summed E-state index contributed by atoms with van der Waals surface area (Å²) >= 11 is 7.45. The highest BCUT2D eigenvalue weighted by Gasteiger charge is 2.32. The van der Waals surface area contributed by atoms with Gasteiger partial charge in [0.05, 0.1) is 32.4 Å². The molecule has 4 aromatic rings. The van der Waals surface area contributed by atoms with Crippen LogP contribution >= 0.6 is 22.9 Å². The number of nitrogens with one attached hydrogen (secondary N) is 1. The van der Waals surface area contributed by atoms with Crippen molar-refractivity contribution in [2.45, 2.75) is 44.3 Å². The number of aromatic carboxylic acids is 1. The molecule has 0 spiro atoms. The molecular formula is C25H24ClN5O4S. The lowest BCUT2D eigenvalue weighted by molar-refractivity contribution is 0.0696. The number of carbonyl (C=O) groups excluding carboxylic acids is 1. The quantitative estimate of drug-likeness (QED) is 0.365. The number of carboxylic acids is 1. The Kier molecular flexibility index (Phi) is 6.02. The lowest BCUT2D eigenvalue weighted by Crippen LogP contribution is -2.45. The van der Waals surface area contributed by atoms with Crippen LogP contribution < -0.4 is 5.32 Å². The van der Waals surface area contributed by atoms with Crippen molar-refractivity contribution in [3.05, 3.63) is 57.9 Å². The summed E-state index contributed by atoms with van der Waals surface area (Å²) in [6.45, 7) is 2.15. The number of rotatable bonds is 7. The number of piperidine rings is 1. The molecule has 11 heteroatoms. The van der Waals surface area contributed by atoms with Crippen LogP contribution in [0.5, 0.6) is 0 Å². The smallest absolute Gasteiger partial charge is 0.335 e. The van der Waals surface area contributed by atoms with E-state index in [2.05, 4.69) is 20.4 Å². The third-order valence-corrected chi connectivity index (χ3v) is 8.08. The van der Waals surface area contributed by atoms with Crippen LogP contribution in [-0.2, 0) is 6.54 Å². The molecule has 2 aliphatic rings. The lowest BCUT2D eigenvalue weighted by Gasteiger charge is -2.32. The Bertz CT molecular complexity index is 1450. The van der Waals surface area contributed by atoms with E-state index in [1.54, 1.807) is 22.8 Å². The lowest BCUT2D eigenvalue weighted by atomic mass is 10.0. The molecular weight excluding hydrogens is 502 g/mol. The Labute approximate surface area is 215 Å². The summed E-state index contributed by atoms with van der Waals surface area (Å²) in [6.07, 6.45) is 4.37. The van der Waals surface area contributed by atoms with Crippen molar-refractivity contribution >= 4 is 45.8 Å². The van der Waals surface area contributed by atoms with Crippen LogP contribution in [0.3, 0.4) is 0 Å². The van der Waals surface area contributed by atoms with E-state index in [4.69, 9.17) is 16.1 Å². The van der Waals surface area contributed by atoms with Crippen molar-refractivity contribution in [3.63, 3.8) is 0 Å². The molecule has 0 bridgehead atoms. The first-order valence-corrected chi connectivity index (χ1v) is 13.1. The van der Waals surface area contributed by atoms with Gasteiger partial charge < -0.3 is 24.4 Å². The van der Waals surface area contributed by atoms with Gasteiger partial charge in [0.25, 0.3) is 5.91 Å². The van der Waals surface area contributed by atoms with Crippen LogP contribution in [0.4, 0.5) is 0 Å². The number of amides is 1. The van der Waals surface area contributed by atoms with E-state index >= 15 is 0 Å². The zero-order chi connectivity index (χ0) is 24.8. The predicted octanol–water partition coefficient (Wildman–Crippen LogP) is 4.51. The zero-order valence-corrected chi connectivity index (χ0v) is 20.9. The van der Waals surface area contributed by atoms with Gasteiger partial charge in [-0.2, -0.15) is 0 Å². The molecule has 3 aromatic heterocycles. The van der Waals surface area contributed by atoms with Crippen LogP contribution in [-0.4, -0.2) is 61.8 Å². The largest absolute Gasteiger partial charge is 0.478 e. The summed E-state index contributed by atoms with van der Waals surface area (Å²) in [5, 5.41) is 16.8. The summed E-state index contributed by atoms with van der Waals surface area (Å²) in [7, 11) is 0. The van der Waals surface area contributed by atoms with Gasteiger partial charge in [-0.3, -0.25) is 4.79 Å². The third-order valence-electron chi connectivity index (χ3n) is 6.82. The molecule has 186 valence electrons. The summed E-state index contributed by atoms with van der Waals surface area (Å²) in [4.78, 5) is 32.9. The van der Waals surface area contributed by atoms with Gasteiger partial charge in [0.2, 0.25) is 0 Å². The molecule has 6 rings (SSSR count). The minimum absolute atomic E-state index is 0.0794. The monoisotopic (exact) mass is 525 g/mol. The first kappa shape index (κ1) is 23.2. The summed E-state index contributed by atoms with van der Waals surface area (Å²) < 4.78 is 7.91. The highest BCUT2D eigenvalue weighted by molar-refractivity contribution is 7.19. The van der Waals surface area contributed by atoms with Crippen molar-refractivity contribution in [2.75, 3.05) is 13.1 Å². The topological polar surface area (TPSA) is 113 Å². The molecule has 2 N–H and O–H groups in total. The second-order valence-electron chi connectivity index (χ2n) is 9.33. The van der Waals surface area contributed by atoms with E-state index in [9.17, 15) is 14.7 Å². The van der Waals surface area contributed by atoms with Gasteiger partial charge in [0.1, 0.15) is 5.69 Å². The first-order chi connectivity index (χ1) is 17.4. The molecule has 1 amide bonds. The average Bonchev–Trinajstić information content (AvgIpc) is 3.28. The Morgan fingerprint density at radius 2 is 1.94 bits per heavy atom. The van der Waals surface area contributed by atoms with Crippen LogP contribution in [0.15, 0.2) is 40.9 Å². The first-order valence-electron chi connectivity index (χ1n) is 11.9. The minimum atomic E-state index is -1.05. The number of carbonyl (C=O) groups is 2. The molecule has 0 atom stereocenters. The maximum absolute atomic E-state index is 13.4. The number of fused-ring (bicyclic) bond motifs is 1. The van der Waals surface area contributed by atoms with Crippen LogP contribution in [0.25, 0.3) is 21.6 Å². The van der Waals surface area contributed by atoms with Gasteiger partial charge in [-0.05, 0) is 56.0 Å². The normalized spacial score (nSPS) is 17.0. The Morgan fingerprint density at radius 1 is 1.14 bits per heavy atom. The highest BCUT2D eigenvalue weighted by atomic mass is 35.5. The molecule has 2 fully saturated rings. The van der Waals surface area contributed by atoms with Crippen molar-refractivity contribution in [1.82, 2.24) is 24.9 Å². The highest BCUT2D eigenvalue weighted by Crippen LogP contribution is 2.31. The second kappa shape index (κ2) is 9.34. The van der Waals surface area contributed by atoms with Gasteiger partial charge in [0, 0.05) is 31.2 Å². The fourth-order valence-corrected chi connectivity index (χ4v) is 5.79. The molecule has 1 saturated heterocycles. The van der Waals surface area contributed by atoms with E-state index < -0.39 is 5.97 Å². The van der Waals surface area contributed by atoms with Gasteiger partial charge in [-0.15, -0.1) is 11.3 Å². The van der Waals surface area contributed by atoms with Crippen LogP contribution in [0.2, 0.25) is 4.34 Å². The average molecular weight is 526 g/mol. The SMILES string of the molecule is O=C(O)c1ccc2nc(C(=O)NC3CCN(C4CC4)CC3)n(Cc3cc(-c4ccc(Cl)s4)no3)c2c1. The molecule has 0 unspecified atom stereocenters. The van der Waals surface area contributed by atoms with Crippen LogP contribution in [0, 0.1) is 0 Å². The maximum atomic E-state index is 13.4. The van der Waals surface area contributed by atoms with Crippen LogP contribution in [0.1, 0.15) is 52.4 Å². The van der Waals surface area contributed by atoms with E-state index in [0.717, 1.165) is 36.9 Å². The number of thiophene rings is 1. The van der Waals surface area contributed by atoms with Crippen molar-refractivity contribution in [3.8, 4) is 10.6 Å². The number of hydrogen-bond donors (Lipinski definition) is 2. The minimum Gasteiger partial charge on any atom is -0.478 e. The number of halogens is 1. The molecule has 1 aromatic carbocycles. The third kappa shape index (κ3) is 4.63. The Morgan fingerprint density at radius 3 is 2.64 bits per heavy atom. The Balaban J connectivity index is 1.29. The van der Waals surface area contributed by atoms with Crippen molar-refractivity contribution in [2.24, 2.45) is 0 Å². The molecule has 1 saturated carbocycles. The number of benzene rings is 1. The standard InChI is InChI=1S/C25H24ClN5O4S/c26-22-6-5-21(36-22)19-12-17(35-29-19)13-31-20-11-14(25(33)34)1-4-18(20)28-23(31)24(32)27-15-7-9-30(10-8-15)16-2-3-16/h1,4-6,11-12,15-16H,2-3,7-10,13H2,(H,27,32)(H,33,34).